The summed E-state index contributed by atoms with van der Waals surface area (Å²) in [6.45, 7) is 3.61. The summed E-state index contributed by atoms with van der Waals surface area (Å²) < 4.78 is 0. The molecule has 6 heteroatoms. The standard InChI is InChI=1S/C32H33N3O3/c1-22-2-15-30(33-22)32(38)21-24-5-11-27(12-6-24)34-26-9-3-23(4-10-26)20-31(37)25-7-13-28(14-8-25)35-18-16-29(36)17-19-35/h2-15,29,33-34,36H,16-21H2,1H3. The molecular weight excluding hydrogens is 474 g/mol. The molecule has 3 N–H and O–H groups in total. The van der Waals surface area contributed by atoms with E-state index in [1.165, 1.54) is 0 Å². The number of aromatic amines is 1. The second kappa shape index (κ2) is 11.5. The number of carbonyl (C=O) groups is 2. The van der Waals surface area contributed by atoms with Crippen LogP contribution in [0, 0.1) is 6.92 Å². The number of aliphatic hydroxyl groups excluding tert-OH is 1. The molecule has 1 aromatic heterocycles. The van der Waals surface area contributed by atoms with E-state index >= 15 is 0 Å². The van der Waals surface area contributed by atoms with Gasteiger partial charge in [-0.2, -0.15) is 0 Å². The number of hydrogen-bond acceptors (Lipinski definition) is 5. The largest absolute Gasteiger partial charge is 0.393 e. The molecule has 3 aromatic carbocycles. The number of nitrogens with zero attached hydrogens (tertiary/aromatic N) is 1. The molecule has 0 spiro atoms. The van der Waals surface area contributed by atoms with Crippen molar-refractivity contribution in [2.45, 2.75) is 38.7 Å². The lowest BCUT2D eigenvalue weighted by molar-refractivity contribution is 0.0982. The van der Waals surface area contributed by atoms with E-state index in [2.05, 4.69) is 15.2 Å². The van der Waals surface area contributed by atoms with Gasteiger partial charge in [-0.15, -0.1) is 0 Å². The van der Waals surface area contributed by atoms with Gasteiger partial charge >= 0.3 is 0 Å². The third-order valence-corrected chi connectivity index (χ3v) is 7.08. The predicted octanol–water partition coefficient (Wildman–Crippen LogP) is 5.88. The number of H-pyrrole nitrogens is 1. The lowest BCUT2D eigenvalue weighted by atomic mass is 10.0. The normalized spacial score (nSPS) is 13.9. The topological polar surface area (TPSA) is 85.4 Å². The third-order valence-electron chi connectivity index (χ3n) is 7.08. The van der Waals surface area contributed by atoms with Gasteiger partial charge in [-0.05, 0) is 91.6 Å². The molecule has 0 saturated carbocycles. The Morgan fingerprint density at radius 1 is 0.789 bits per heavy atom. The van der Waals surface area contributed by atoms with Crippen molar-refractivity contribution in [2.24, 2.45) is 0 Å². The highest BCUT2D eigenvalue weighted by Gasteiger charge is 2.17. The van der Waals surface area contributed by atoms with Crippen molar-refractivity contribution in [2.75, 3.05) is 23.3 Å². The Bertz CT molecular complexity index is 1380. The summed E-state index contributed by atoms with van der Waals surface area (Å²) in [6, 6.07) is 27.3. The maximum Gasteiger partial charge on any atom is 0.183 e. The molecule has 194 valence electrons. The minimum absolute atomic E-state index is 0.0719. The van der Waals surface area contributed by atoms with E-state index < -0.39 is 0 Å². The molecule has 1 aliphatic heterocycles. The molecule has 5 rings (SSSR count). The Labute approximate surface area is 223 Å². The maximum atomic E-state index is 12.8. The van der Waals surface area contributed by atoms with E-state index in [4.69, 9.17) is 0 Å². The summed E-state index contributed by atoms with van der Waals surface area (Å²) in [6.07, 6.45) is 2.07. The quantitative estimate of drug-likeness (QED) is 0.246. The van der Waals surface area contributed by atoms with Crippen LogP contribution in [-0.2, 0) is 12.8 Å². The smallest absolute Gasteiger partial charge is 0.183 e. The van der Waals surface area contributed by atoms with Gasteiger partial charge < -0.3 is 20.3 Å². The molecule has 0 radical (unpaired) electrons. The Morgan fingerprint density at radius 2 is 1.34 bits per heavy atom. The molecule has 1 aliphatic rings. The van der Waals surface area contributed by atoms with Crippen LogP contribution in [0.1, 0.15) is 50.5 Å². The highest BCUT2D eigenvalue weighted by molar-refractivity contribution is 5.98. The monoisotopic (exact) mass is 507 g/mol. The molecule has 0 atom stereocenters. The number of piperidine rings is 1. The molecule has 1 fully saturated rings. The second-order valence-corrected chi connectivity index (χ2v) is 10.0. The Hall–Kier alpha value is -4.16. The third kappa shape index (κ3) is 6.39. The van der Waals surface area contributed by atoms with E-state index in [-0.39, 0.29) is 17.7 Å². The number of benzene rings is 3. The molecule has 0 bridgehead atoms. The van der Waals surface area contributed by atoms with Gasteiger partial charge in [0.25, 0.3) is 0 Å². The minimum atomic E-state index is -0.198. The van der Waals surface area contributed by atoms with Crippen molar-refractivity contribution >= 4 is 28.6 Å². The fourth-order valence-electron chi connectivity index (χ4n) is 4.80. The van der Waals surface area contributed by atoms with Crippen LogP contribution < -0.4 is 10.2 Å². The highest BCUT2D eigenvalue weighted by atomic mass is 16.3. The second-order valence-electron chi connectivity index (χ2n) is 10.0. The van der Waals surface area contributed by atoms with Gasteiger partial charge in [-0.25, -0.2) is 0 Å². The van der Waals surface area contributed by atoms with Crippen LogP contribution in [0.4, 0.5) is 17.1 Å². The molecule has 38 heavy (non-hydrogen) atoms. The number of aryl methyl sites for hydroxylation is 1. The van der Waals surface area contributed by atoms with E-state index in [1.807, 2.05) is 91.9 Å². The summed E-state index contributed by atoms with van der Waals surface area (Å²) in [5.41, 5.74) is 7.21. The van der Waals surface area contributed by atoms with E-state index in [0.717, 1.165) is 59.8 Å². The number of rotatable bonds is 9. The zero-order chi connectivity index (χ0) is 26.5. The van der Waals surface area contributed by atoms with Gasteiger partial charge in [0.2, 0.25) is 0 Å². The lowest BCUT2D eigenvalue weighted by Gasteiger charge is -2.31. The van der Waals surface area contributed by atoms with Crippen LogP contribution in [0.5, 0.6) is 0 Å². The number of carbonyl (C=O) groups excluding carboxylic acids is 2. The highest BCUT2D eigenvalue weighted by Crippen LogP contribution is 2.22. The Kier molecular flexibility index (Phi) is 7.70. The molecule has 2 heterocycles. The van der Waals surface area contributed by atoms with Gasteiger partial charge in [0, 0.05) is 54.3 Å². The number of ketones is 2. The predicted molar refractivity (Wildman–Crippen MR) is 152 cm³/mol. The van der Waals surface area contributed by atoms with Crippen molar-refractivity contribution in [3.8, 4) is 0 Å². The number of hydrogen-bond donors (Lipinski definition) is 3. The lowest BCUT2D eigenvalue weighted by Crippen LogP contribution is -2.35. The van der Waals surface area contributed by atoms with Gasteiger partial charge in [0.15, 0.2) is 11.6 Å². The summed E-state index contributed by atoms with van der Waals surface area (Å²) in [7, 11) is 0. The van der Waals surface area contributed by atoms with Crippen LogP contribution >= 0.6 is 0 Å². The van der Waals surface area contributed by atoms with E-state index in [1.54, 1.807) is 0 Å². The molecule has 1 saturated heterocycles. The van der Waals surface area contributed by atoms with Crippen molar-refractivity contribution in [3.63, 3.8) is 0 Å². The Balaban J connectivity index is 1.13. The maximum absolute atomic E-state index is 12.8. The Morgan fingerprint density at radius 3 is 1.87 bits per heavy atom. The minimum Gasteiger partial charge on any atom is -0.393 e. The van der Waals surface area contributed by atoms with Crippen molar-refractivity contribution in [1.82, 2.24) is 4.98 Å². The molecule has 0 unspecified atom stereocenters. The first-order chi connectivity index (χ1) is 18.4. The molecular formula is C32H33N3O3. The first kappa shape index (κ1) is 25.5. The van der Waals surface area contributed by atoms with Crippen molar-refractivity contribution in [3.05, 3.63) is 113 Å². The fourth-order valence-corrected chi connectivity index (χ4v) is 4.80. The van der Waals surface area contributed by atoms with Crippen LogP contribution in [0.2, 0.25) is 0 Å². The van der Waals surface area contributed by atoms with Gasteiger partial charge in [0.05, 0.1) is 11.8 Å². The van der Waals surface area contributed by atoms with Gasteiger partial charge in [-0.3, -0.25) is 9.59 Å². The number of aliphatic hydroxyl groups is 1. The number of aromatic nitrogens is 1. The fraction of sp³-hybridized carbons (Fsp3) is 0.250. The van der Waals surface area contributed by atoms with Crippen LogP contribution in [0.3, 0.4) is 0 Å². The first-order valence-electron chi connectivity index (χ1n) is 13.1. The summed E-state index contributed by atoms with van der Waals surface area (Å²) in [4.78, 5) is 30.6. The van der Waals surface area contributed by atoms with Crippen LogP contribution in [-0.4, -0.2) is 40.9 Å². The van der Waals surface area contributed by atoms with E-state index in [9.17, 15) is 14.7 Å². The summed E-state index contributed by atoms with van der Waals surface area (Å²) >= 11 is 0. The molecule has 4 aromatic rings. The zero-order valence-electron chi connectivity index (χ0n) is 21.6. The molecule has 0 amide bonds. The zero-order valence-corrected chi connectivity index (χ0v) is 21.6. The summed E-state index contributed by atoms with van der Waals surface area (Å²) in [5.74, 6) is 0.161. The average Bonchev–Trinajstić information content (AvgIpc) is 3.38. The first-order valence-corrected chi connectivity index (χ1v) is 13.1. The number of Topliss-reactive ketones (excluding diaryl/α,β-unsaturated/α-hetero) is 2. The van der Waals surface area contributed by atoms with Crippen molar-refractivity contribution in [1.29, 1.82) is 0 Å². The summed E-state index contributed by atoms with van der Waals surface area (Å²) in [5, 5.41) is 13.1. The number of anilines is 3. The number of nitrogens with one attached hydrogen (secondary N) is 2. The van der Waals surface area contributed by atoms with Gasteiger partial charge in [0.1, 0.15) is 0 Å². The van der Waals surface area contributed by atoms with Crippen molar-refractivity contribution < 1.29 is 14.7 Å². The average molecular weight is 508 g/mol. The van der Waals surface area contributed by atoms with Gasteiger partial charge in [-0.1, -0.05) is 24.3 Å². The molecule has 0 aliphatic carbocycles. The van der Waals surface area contributed by atoms with E-state index in [0.29, 0.717) is 24.1 Å². The SMILES string of the molecule is Cc1ccc(C(=O)Cc2ccc(Nc3ccc(CC(=O)c4ccc(N5CCC(O)CC5)cc4)cc3)cc2)[nH]1. The molecule has 6 nitrogen and oxygen atoms in total. The van der Waals surface area contributed by atoms with Crippen LogP contribution in [0.15, 0.2) is 84.9 Å². The van der Waals surface area contributed by atoms with Crippen LogP contribution in [0.25, 0.3) is 0 Å².